The SMILES string of the molecule is Cc1cc(CC2CCN(CCn3ccnc3)C2)ccc1F. The van der Waals surface area contributed by atoms with Crippen LogP contribution < -0.4 is 0 Å². The molecule has 1 aliphatic heterocycles. The zero-order chi connectivity index (χ0) is 14.7. The first-order valence-corrected chi connectivity index (χ1v) is 7.64. The molecule has 0 aliphatic carbocycles. The molecule has 0 spiro atoms. The van der Waals surface area contributed by atoms with Crippen LogP contribution in [0.2, 0.25) is 0 Å². The van der Waals surface area contributed by atoms with Crippen LogP contribution in [-0.4, -0.2) is 34.1 Å². The van der Waals surface area contributed by atoms with E-state index in [1.807, 2.05) is 37.8 Å². The fraction of sp³-hybridized carbons (Fsp3) is 0.471. The van der Waals surface area contributed by atoms with Crippen molar-refractivity contribution >= 4 is 0 Å². The second-order valence-corrected chi connectivity index (χ2v) is 6.04. The number of hydrogen-bond acceptors (Lipinski definition) is 2. The van der Waals surface area contributed by atoms with Crippen molar-refractivity contribution in [2.24, 2.45) is 5.92 Å². The standard InChI is InChI=1S/C17H22FN3/c1-14-10-15(2-3-17(14)18)11-16-4-6-20(12-16)8-9-21-7-5-19-13-21/h2-3,5,7,10,13,16H,4,6,8-9,11-12H2,1H3. The van der Waals surface area contributed by atoms with Crippen LogP contribution in [0.1, 0.15) is 17.5 Å². The second kappa shape index (κ2) is 6.39. The maximum atomic E-state index is 13.3. The zero-order valence-corrected chi connectivity index (χ0v) is 12.5. The predicted molar refractivity (Wildman–Crippen MR) is 81.6 cm³/mol. The summed E-state index contributed by atoms with van der Waals surface area (Å²) >= 11 is 0. The van der Waals surface area contributed by atoms with Gasteiger partial charge in [0.2, 0.25) is 0 Å². The van der Waals surface area contributed by atoms with Gasteiger partial charge in [-0.3, -0.25) is 0 Å². The molecule has 1 fully saturated rings. The van der Waals surface area contributed by atoms with E-state index in [2.05, 4.69) is 14.5 Å². The molecule has 0 radical (unpaired) electrons. The zero-order valence-electron chi connectivity index (χ0n) is 12.5. The molecule has 1 aliphatic rings. The molecule has 0 bridgehead atoms. The summed E-state index contributed by atoms with van der Waals surface area (Å²) in [6.45, 7) is 6.23. The number of nitrogens with zero attached hydrogens (tertiary/aromatic N) is 3. The van der Waals surface area contributed by atoms with Crippen LogP contribution in [-0.2, 0) is 13.0 Å². The fourth-order valence-electron chi connectivity index (χ4n) is 3.13. The molecule has 2 aromatic rings. The second-order valence-electron chi connectivity index (χ2n) is 6.04. The fourth-order valence-corrected chi connectivity index (χ4v) is 3.13. The lowest BCUT2D eigenvalue weighted by atomic mass is 9.97. The van der Waals surface area contributed by atoms with Gasteiger partial charge in [-0.2, -0.15) is 0 Å². The van der Waals surface area contributed by atoms with E-state index in [-0.39, 0.29) is 5.82 Å². The maximum Gasteiger partial charge on any atom is 0.126 e. The van der Waals surface area contributed by atoms with Crippen LogP contribution in [0, 0.1) is 18.7 Å². The molecule has 1 aromatic carbocycles. The highest BCUT2D eigenvalue weighted by Crippen LogP contribution is 2.21. The van der Waals surface area contributed by atoms with Gasteiger partial charge < -0.3 is 9.47 Å². The Kier molecular flexibility index (Phi) is 4.34. The average Bonchev–Trinajstić information content (AvgIpc) is 3.12. The van der Waals surface area contributed by atoms with Gasteiger partial charge in [-0.05, 0) is 49.4 Å². The van der Waals surface area contributed by atoms with Crippen molar-refractivity contribution in [3.8, 4) is 0 Å². The van der Waals surface area contributed by atoms with Crippen molar-refractivity contribution in [3.63, 3.8) is 0 Å². The molecule has 4 heteroatoms. The average molecular weight is 287 g/mol. The summed E-state index contributed by atoms with van der Waals surface area (Å²) in [6.07, 6.45) is 8.00. The van der Waals surface area contributed by atoms with Gasteiger partial charge in [0.25, 0.3) is 0 Å². The van der Waals surface area contributed by atoms with Gasteiger partial charge in [-0.15, -0.1) is 0 Å². The van der Waals surface area contributed by atoms with Gasteiger partial charge >= 0.3 is 0 Å². The van der Waals surface area contributed by atoms with E-state index < -0.39 is 0 Å². The first kappa shape index (κ1) is 14.3. The smallest absolute Gasteiger partial charge is 0.126 e. The molecular weight excluding hydrogens is 265 g/mol. The Labute approximate surface area is 125 Å². The molecule has 1 unspecified atom stereocenters. The van der Waals surface area contributed by atoms with Crippen molar-refractivity contribution < 1.29 is 4.39 Å². The Morgan fingerprint density at radius 3 is 3.00 bits per heavy atom. The Hall–Kier alpha value is -1.68. The first-order chi connectivity index (χ1) is 10.2. The van der Waals surface area contributed by atoms with Crippen molar-refractivity contribution in [2.75, 3.05) is 19.6 Å². The minimum Gasteiger partial charge on any atom is -0.336 e. The van der Waals surface area contributed by atoms with E-state index >= 15 is 0 Å². The van der Waals surface area contributed by atoms with Crippen molar-refractivity contribution in [2.45, 2.75) is 26.3 Å². The number of likely N-dealkylation sites (tertiary alicyclic amines) is 1. The largest absolute Gasteiger partial charge is 0.336 e. The van der Waals surface area contributed by atoms with Crippen LogP contribution in [0.25, 0.3) is 0 Å². The van der Waals surface area contributed by atoms with E-state index in [4.69, 9.17) is 0 Å². The summed E-state index contributed by atoms with van der Waals surface area (Å²) in [5.74, 6) is 0.588. The van der Waals surface area contributed by atoms with Gasteiger partial charge in [0, 0.05) is 32.0 Å². The quantitative estimate of drug-likeness (QED) is 0.843. The highest BCUT2D eigenvalue weighted by Gasteiger charge is 2.22. The predicted octanol–water partition coefficient (Wildman–Crippen LogP) is 2.90. The summed E-state index contributed by atoms with van der Waals surface area (Å²) < 4.78 is 15.4. The highest BCUT2D eigenvalue weighted by molar-refractivity contribution is 5.24. The number of hydrogen-bond donors (Lipinski definition) is 0. The van der Waals surface area contributed by atoms with Crippen LogP contribution in [0.4, 0.5) is 4.39 Å². The monoisotopic (exact) mass is 287 g/mol. The molecule has 0 saturated carbocycles. The van der Waals surface area contributed by atoms with E-state index in [0.717, 1.165) is 31.6 Å². The lowest BCUT2D eigenvalue weighted by Gasteiger charge is -2.16. The Bertz CT molecular complexity index is 580. The number of imidazole rings is 1. The Balaban J connectivity index is 1.49. The number of halogens is 1. The van der Waals surface area contributed by atoms with Crippen LogP contribution >= 0.6 is 0 Å². The number of rotatable bonds is 5. The lowest BCUT2D eigenvalue weighted by molar-refractivity contribution is 0.309. The minimum atomic E-state index is -0.105. The Morgan fingerprint density at radius 1 is 1.33 bits per heavy atom. The summed E-state index contributed by atoms with van der Waals surface area (Å²) in [5.41, 5.74) is 2.01. The Morgan fingerprint density at radius 2 is 2.24 bits per heavy atom. The molecule has 0 amide bonds. The number of aryl methyl sites for hydroxylation is 1. The molecule has 1 aromatic heterocycles. The molecule has 21 heavy (non-hydrogen) atoms. The van der Waals surface area contributed by atoms with Crippen LogP contribution in [0.5, 0.6) is 0 Å². The topological polar surface area (TPSA) is 21.1 Å². The molecule has 3 nitrogen and oxygen atoms in total. The molecule has 3 rings (SSSR count). The third kappa shape index (κ3) is 3.70. The highest BCUT2D eigenvalue weighted by atomic mass is 19.1. The maximum absolute atomic E-state index is 13.3. The van der Waals surface area contributed by atoms with Crippen LogP contribution in [0.15, 0.2) is 36.9 Å². The normalized spacial score (nSPS) is 19.2. The molecular formula is C17H22FN3. The van der Waals surface area contributed by atoms with E-state index in [9.17, 15) is 4.39 Å². The molecule has 1 saturated heterocycles. The molecule has 1 atom stereocenters. The number of benzene rings is 1. The third-order valence-corrected chi connectivity index (χ3v) is 4.35. The van der Waals surface area contributed by atoms with Gasteiger partial charge in [-0.1, -0.05) is 12.1 Å². The van der Waals surface area contributed by atoms with E-state index in [1.54, 1.807) is 6.07 Å². The first-order valence-electron chi connectivity index (χ1n) is 7.64. The van der Waals surface area contributed by atoms with Crippen LogP contribution in [0.3, 0.4) is 0 Å². The van der Waals surface area contributed by atoms with Crippen molar-refractivity contribution in [3.05, 3.63) is 53.9 Å². The molecule has 2 heterocycles. The summed E-state index contributed by atoms with van der Waals surface area (Å²) in [4.78, 5) is 6.58. The summed E-state index contributed by atoms with van der Waals surface area (Å²) in [6, 6.07) is 5.51. The van der Waals surface area contributed by atoms with Crippen molar-refractivity contribution in [1.82, 2.24) is 14.5 Å². The van der Waals surface area contributed by atoms with Gasteiger partial charge in [0.05, 0.1) is 6.33 Å². The van der Waals surface area contributed by atoms with Gasteiger partial charge in [0.15, 0.2) is 0 Å². The molecule has 112 valence electrons. The van der Waals surface area contributed by atoms with E-state index in [0.29, 0.717) is 5.92 Å². The minimum absolute atomic E-state index is 0.105. The van der Waals surface area contributed by atoms with E-state index in [1.165, 1.54) is 18.5 Å². The van der Waals surface area contributed by atoms with Gasteiger partial charge in [0.1, 0.15) is 5.82 Å². The lowest BCUT2D eigenvalue weighted by Crippen LogP contribution is -2.25. The van der Waals surface area contributed by atoms with Crippen molar-refractivity contribution in [1.29, 1.82) is 0 Å². The van der Waals surface area contributed by atoms with Gasteiger partial charge in [-0.25, -0.2) is 9.37 Å². The third-order valence-electron chi connectivity index (χ3n) is 4.35. The summed E-state index contributed by atoms with van der Waals surface area (Å²) in [7, 11) is 0. The molecule has 0 N–H and O–H groups in total. The summed E-state index contributed by atoms with van der Waals surface area (Å²) in [5, 5.41) is 0. The number of aromatic nitrogens is 2.